The second kappa shape index (κ2) is 24.6. The van der Waals surface area contributed by atoms with Crippen molar-refractivity contribution < 1.29 is 118 Å². The molecule has 4 aliphatic heterocycles. The number of esters is 4. The number of allylic oxidation sites excluding steroid dienone is 2. The van der Waals surface area contributed by atoms with Crippen LogP contribution >= 0.6 is 0 Å². The first kappa shape index (κ1) is 54.8. The maximum Gasteiger partial charge on any atom is 0.337 e. The van der Waals surface area contributed by atoms with Gasteiger partial charge in [-0.15, -0.1) is 0 Å². The molecule has 3 fully saturated rings. The quantitative estimate of drug-likeness (QED) is 0.0365. The third kappa shape index (κ3) is 11.9. The van der Waals surface area contributed by atoms with E-state index in [1.165, 1.54) is 12.2 Å². The van der Waals surface area contributed by atoms with E-state index in [1.54, 1.807) is 20.8 Å². The number of rotatable bonds is 18. The van der Waals surface area contributed by atoms with Gasteiger partial charge in [0.05, 0.1) is 70.6 Å². The average Bonchev–Trinajstić information content (AvgIpc) is 3.63. The summed E-state index contributed by atoms with van der Waals surface area (Å²) < 4.78 is 55.5. The molecule has 1 aliphatic carbocycles. The summed E-state index contributed by atoms with van der Waals surface area (Å²) in [4.78, 5) is 53.5. The number of ether oxygens (including phenoxy) is 10. The van der Waals surface area contributed by atoms with Gasteiger partial charge in [0.25, 0.3) is 0 Å². The number of hydrogen-bond donors (Lipinski definition) is 10. The molecule has 0 aromatic rings. The SMILES string of the molecule is C/C=C1\[C@@H](O[C@@H]2O[C@H](CO)[C@@H](O)[C@@H](O)[C@@H]2O)OC=C(C(=O)OC)[C@H]1CC(=O)O[C@@H]1C[C@H](C(CO)CO)[C@H](COC(=O)C[C@H]2C(C(=O)OC)=CO[C@H](O[C@H]3O[C@@H](CO)[C@H](O)[C@@H](O)[C@@H]3O)/C2=C\C)[C@@H]1C. The molecule has 1 saturated carbocycles. The van der Waals surface area contributed by atoms with Crippen LogP contribution in [0, 0.1) is 35.5 Å². The lowest BCUT2D eigenvalue weighted by atomic mass is 9.82. The molecule has 0 amide bonds. The van der Waals surface area contributed by atoms with Gasteiger partial charge in [-0.2, -0.15) is 0 Å². The molecule has 5 aliphatic rings. The average molecular weight is 977 g/mol. The molecule has 68 heavy (non-hydrogen) atoms. The highest BCUT2D eigenvalue weighted by molar-refractivity contribution is 5.91. The summed E-state index contributed by atoms with van der Waals surface area (Å²) in [5.41, 5.74) is 0.168. The fourth-order valence-electron chi connectivity index (χ4n) is 9.27. The summed E-state index contributed by atoms with van der Waals surface area (Å²) in [7, 11) is 2.23. The summed E-state index contributed by atoms with van der Waals surface area (Å²) in [6.07, 6.45) is -15.9. The lowest BCUT2D eigenvalue weighted by Crippen LogP contribution is -2.60. The van der Waals surface area contributed by atoms with E-state index in [1.807, 2.05) is 0 Å². The minimum absolute atomic E-state index is 0.100. The van der Waals surface area contributed by atoms with Gasteiger partial charge in [-0.1, -0.05) is 19.1 Å². The topological polar surface area (TPSA) is 363 Å². The van der Waals surface area contributed by atoms with E-state index in [2.05, 4.69) is 0 Å². The molecule has 384 valence electrons. The lowest BCUT2D eigenvalue weighted by Gasteiger charge is -2.42. The second-order valence-electron chi connectivity index (χ2n) is 17.1. The van der Waals surface area contributed by atoms with Crippen molar-refractivity contribution in [1.29, 1.82) is 0 Å². The van der Waals surface area contributed by atoms with E-state index < -0.39 is 179 Å². The smallest absolute Gasteiger partial charge is 0.337 e. The highest BCUT2D eigenvalue weighted by atomic mass is 16.8. The van der Waals surface area contributed by atoms with Crippen LogP contribution in [0.2, 0.25) is 0 Å². The van der Waals surface area contributed by atoms with E-state index in [0.717, 1.165) is 26.7 Å². The van der Waals surface area contributed by atoms with Crippen LogP contribution in [0.3, 0.4) is 0 Å². The third-order valence-electron chi connectivity index (χ3n) is 13.3. The Kier molecular flexibility index (Phi) is 19.9. The van der Waals surface area contributed by atoms with Gasteiger partial charge >= 0.3 is 23.9 Å². The van der Waals surface area contributed by atoms with Crippen LogP contribution in [0.1, 0.15) is 40.0 Å². The number of aliphatic hydroxyl groups is 10. The van der Waals surface area contributed by atoms with Crippen LogP contribution in [0.15, 0.2) is 47.0 Å². The van der Waals surface area contributed by atoms with Crippen molar-refractivity contribution in [2.24, 2.45) is 35.5 Å². The van der Waals surface area contributed by atoms with E-state index in [-0.39, 0.29) is 35.3 Å². The van der Waals surface area contributed by atoms with Gasteiger partial charge in [0, 0.05) is 48.0 Å². The first-order chi connectivity index (χ1) is 32.4. The molecule has 0 bridgehead atoms. The fourth-order valence-corrected chi connectivity index (χ4v) is 9.27. The molecule has 18 atom stereocenters. The zero-order chi connectivity index (χ0) is 50.1. The predicted octanol–water partition coefficient (Wildman–Crippen LogP) is -3.32. The van der Waals surface area contributed by atoms with Gasteiger partial charge in [-0.25, -0.2) is 9.59 Å². The van der Waals surface area contributed by atoms with Crippen LogP contribution in [0.25, 0.3) is 0 Å². The molecular formula is C44H64O24. The molecule has 0 unspecified atom stereocenters. The van der Waals surface area contributed by atoms with Gasteiger partial charge in [0.2, 0.25) is 12.6 Å². The Balaban J connectivity index is 1.29. The Morgan fingerprint density at radius 3 is 1.51 bits per heavy atom. The van der Waals surface area contributed by atoms with E-state index >= 15 is 0 Å². The Morgan fingerprint density at radius 1 is 0.676 bits per heavy atom. The van der Waals surface area contributed by atoms with E-state index in [0.29, 0.717) is 0 Å². The predicted molar refractivity (Wildman–Crippen MR) is 223 cm³/mol. The number of carbonyl (C=O) groups is 4. The molecule has 4 heterocycles. The monoisotopic (exact) mass is 976 g/mol. The summed E-state index contributed by atoms with van der Waals surface area (Å²) >= 11 is 0. The fraction of sp³-hybridized carbons (Fsp3) is 0.727. The van der Waals surface area contributed by atoms with Crippen LogP contribution in [0.4, 0.5) is 0 Å². The Morgan fingerprint density at radius 2 is 1.12 bits per heavy atom. The third-order valence-corrected chi connectivity index (χ3v) is 13.3. The molecule has 0 aromatic heterocycles. The van der Waals surface area contributed by atoms with Crippen molar-refractivity contribution in [3.05, 3.63) is 47.0 Å². The highest BCUT2D eigenvalue weighted by Gasteiger charge is 2.50. The molecular weight excluding hydrogens is 912 g/mol. The van der Waals surface area contributed by atoms with Crippen LogP contribution < -0.4 is 0 Å². The van der Waals surface area contributed by atoms with Crippen molar-refractivity contribution in [3.8, 4) is 0 Å². The summed E-state index contributed by atoms with van der Waals surface area (Å²) in [5.74, 6) is -7.97. The molecule has 0 spiro atoms. The maximum absolute atomic E-state index is 13.9. The largest absolute Gasteiger partial charge is 0.468 e. The number of aliphatic hydroxyl groups excluding tert-OH is 10. The van der Waals surface area contributed by atoms with Crippen molar-refractivity contribution in [3.63, 3.8) is 0 Å². The standard InChI is InChI=1S/C44H64O24/c1-6-20-23(26(39(57)59-4)16-62-41(20)67-43-37(55)35(53)33(51)29(13-47)65-43)9-31(49)61-15-25-18(3)28(8-22(25)19(11-45)12-46)64-32(50)10-24-21(7-2)42(63-17-27(24)40(58)60-5)68-44-38(56)36(54)34(52)30(14-48)66-44/h6-7,16-19,22-25,28-30,33-38,41-48,51-56H,8-15H2,1-5H3/b20-6-,21-7-/t18-,22+,23+,24-,25+,28+,29-,30+,33-,34+,35+,36+,37-,38-,41+,42+,43+,44-/m0/s1. The zero-order valence-corrected chi connectivity index (χ0v) is 38.1. The van der Waals surface area contributed by atoms with Gasteiger partial charge < -0.3 is 98.4 Å². The van der Waals surface area contributed by atoms with Crippen molar-refractivity contribution in [2.75, 3.05) is 47.3 Å². The normalized spacial score (nSPS) is 38.5. The Labute approximate surface area is 390 Å². The highest BCUT2D eigenvalue weighted by Crippen LogP contribution is 2.45. The van der Waals surface area contributed by atoms with Crippen molar-refractivity contribution in [2.45, 2.75) is 120 Å². The zero-order valence-electron chi connectivity index (χ0n) is 38.1. The van der Waals surface area contributed by atoms with Crippen LogP contribution in [-0.2, 0) is 66.5 Å². The number of carbonyl (C=O) groups excluding carboxylic acids is 4. The first-order valence-corrected chi connectivity index (χ1v) is 22.1. The lowest BCUT2D eigenvalue weighted by molar-refractivity contribution is -0.327. The minimum atomic E-state index is -1.80. The van der Waals surface area contributed by atoms with Gasteiger partial charge in [0.1, 0.15) is 54.9 Å². The van der Waals surface area contributed by atoms with Gasteiger partial charge in [-0.05, 0) is 32.1 Å². The molecule has 0 aromatic carbocycles. The van der Waals surface area contributed by atoms with Crippen molar-refractivity contribution >= 4 is 23.9 Å². The van der Waals surface area contributed by atoms with E-state index in [4.69, 9.17) is 47.4 Å². The molecule has 24 heteroatoms. The van der Waals surface area contributed by atoms with Crippen LogP contribution in [-0.4, -0.2) is 202 Å². The molecule has 2 saturated heterocycles. The summed E-state index contributed by atoms with van der Waals surface area (Å²) in [6.45, 7) is 2.16. The number of hydrogen-bond acceptors (Lipinski definition) is 24. The summed E-state index contributed by atoms with van der Waals surface area (Å²) in [5, 5.41) is 102. The maximum atomic E-state index is 13.9. The second-order valence-corrected chi connectivity index (χ2v) is 17.1. The molecule has 10 N–H and O–H groups in total. The van der Waals surface area contributed by atoms with Crippen molar-refractivity contribution in [1.82, 2.24) is 0 Å². The summed E-state index contributed by atoms with van der Waals surface area (Å²) in [6, 6.07) is 0. The van der Waals surface area contributed by atoms with Gasteiger partial charge in [-0.3, -0.25) is 9.59 Å². The molecule has 24 nitrogen and oxygen atoms in total. The molecule has 5 rings (SSSR count). The number of methoxy groups -OCH3 is 2. The first-order valence-electron chi connectivity index (χ1n) is 22.1. The van der Waals surface area contributed by atoms with Gasteiger partial charge in [0.15, 0.2) is 12.6 Å². The van der Waals surface area contributed by atoms with E-state index in [9.17, 15) is 70.2 Å². The Bertz CT molecular complexity index is 1860. The molecule has 0 radical (unpaired) electrons. The van der Waals surface area contributed by atoms with Crippen LogP contribution in [0.5, 0.6) is 0 Å². The Hall–Kier alpha value is -4.12. The minimum Gasteiger partial charge on any atom is -0.468 e.